The average molecular weight is 209 g/mol. The van der Waals surface area contributed by atoms with Crippen molar-refractivity contribution in [1.29, 1.82) is 0 Å². The van der Waals surface area contributed by atoms with Gasteiger partial charge < -0.3 is 10.1 Å². The molecule has 1 fully saturated rings. The second-order valence-electron chi connectivity index (χ2n) is 4.25. The number of ether oxygens (including phenoxy) is 1. The van der Waals surface area contributed by atoms with Gasteiger partial charge in [0.1, 0.15) is 0 Å². The van der Waals surface area contributed by atoms with Gasteiger partial charge in [0.15, 0.2) is 0 Å². The molecule has 0 aromatic carbocycles. The normalized spacial score (nSPS) is 24.0. The Balaban J connectivity index is 1.91. The summed E-state index contributed by atoms with van der Waals surface area (Å²) in [5, 5.41) is 10.6. The zero-order valence-corrected chi connectivity index (χ0v) is 9.42. The van der Waals surface area contributed by atoms with E-state index in [2.05, 4.69) is 29.4 Å². The van der Waals surface area contributed by atoms with Gasteiger partial charge in [-0.15, -0.1) is 0 Å². The van der Waals surface area contributed by atoms with E-state index >= 15 is 0 Å². The van der Waals surface area contributed by atoms with Gasteiger partial charge in [-0.3, -0.25) is 5.10 Å². The van der Waals surface area contributed by atoms with Crippen LogP contribution in [0.1, 0.15) is 37.1 Å². The first-order chi connectivity index (χ1) is 7.27. The molecule has 2 N–H and O–H groups in total. The summed E-state index contributed by atoms with van der Waals surface area (Å²) in [5.41, 5.74) is 2.40. The molecule has 15 heavy (non-hydrogen) atoms. The van der Waals surface area contributed by atoms with Crippen LogP contribution in [0.25, 0.3) is 0 Å². The van der Waals surface area contributed by atoms with Gasteiger partial charge in [-0.2, -0.15) is 5.10 Å². The summed E-state index contributed by atoms with van der Waals surface area (Å²) in [4.78, 5) is 0. The van der Waals surface area contributed by atoms with Crippen molar-refractivity contribution in [2.75, 3.05) is 13.2 Å². The third-order valence-corrected chi connectivity index (χ3v) is 2.98. The predicted octanol–water partition coefficient (Wildman–Crippen LogP) is 1.55. The Labute approximate surface area is 90.4 Å². The molecule has 2 heterocycles. The molecule has 1 saturated heterocycles. The first kappa shape index (κ1) is 10.6. The van der Waals surface area contributed by atoms with E-state index in [0.717, 1.165) is 25.3 Å². The van der Waals surface area contributed by atoms with Crippen molar-refractivity contribution in [2.45, 2.75) is 38.8 Å². The van der Waals surface area contributed by atoms with Crippen LogP contribution in [0.4, 0.5) is 0 Å². The molecule has 0 saturated carbocycles. The summed E-state index contributed by atoms with van der Waals surface area (Å²) >= 11 is 0. The number of aromatic amines is 1. The zero-order valence-electron chi connectivity index (χ0n) is 9.42. The first-order valence-electron chi connectivity index (χ1n) is 5.61. The fraction of sp³-hybridized carbons (Fsp3) is 0.727. The molecule has 4 heteroatoms. The number of aryl methyl sites for hydroxylation is 1. The van der Waals surface area contributed by atoms with E-state index in [1.165, 1.54) is 12.0 Å². The quantitative estimate of drug-likeness (QED) is 0.794. The van der Waals surface area contributed by atoms with E-state index in [1.807, 2.05) is 6.20 Å². The summed E-state index contributed by atoms with van der Waals surface area (Å²) in [6, 6.07) is 0.832. The summed E-state index contributed by atoms with van der Waals surface area (Å²) in [6.07, 6.45) is 4.27. The Morgan fingerprint density at radius 3 is 3.13 bits per heavy atom. The summed E-state index contributed by atoms with van der Waals surface area (Å²) in [6.45, 7) is 5.98. The van der Waals surface area contributed by atoms with Crippen molar-refractivity contribution >= 4 is 0 Å². The Hall–Kier alpha value is -0.870. The highest BCUT2D eigenvalue weighted by molar-refractivity contribution is 5.18. The van der Waals surface area contributed by atoms with Crippen LogP contribution in [0, 0.1) is 6.92 Å². The van der Waals surface area contributed by atoms with Crippen molar-refractivity contribution in [3.05, 3.63) is 17.5 Å². The molecular weight excluding hydrogens is 190 g/mol. The number of H-pyrrole nitrogens is 1. The third kappa shape index (κ3) is 2.58. The van der Waals surface area contributed by atoms with E-state index in [9.17, 15) is 0 Å². The highest BCUT2D eigenvalue weighted by atomic mass is 16.5. The third-order valence-electron chi connectivity index (χ3n) is 2.98. The van der Waals surface area contributed by atoms with Crippen LogP contribution in [0.15, 0.2) is 6.20 Å². The highest BCUT2D eigenvalue weighted by Crippen LogP contribution is 2.17. The van der Waals surface area contributed by atoms with Gasteiger partial charge in [-0.1, -0.05) is 0 Å². The lowest BCUT2D eigenvalue weighted by molar-refractivity contribution is 0.0670. The monoisotopic (exact) mass is 209 g/mol. The maximum Gasteiger partial charge on any atom is 0.0619 e. The van der Waals surface area contributed by atoms with Gasteiger partial charge in [0.25, 0.3) is 0 Å². The van der Waals surface area contributed by atoms with Gasteiger partial charge in [-0.25, -0.2) is 0 Å². The molecule has 2 unspecified atom stereocenters. The fourth-order valence-electron chi connectivity index (χ4n) is 2.11. The van der Waals surface area contributed by atoms with Crippen LogP contribution in [0.3, 0.4) is 0 Å². The average Bonchev–Trinajstić information content (AvgIpc) is 2.66. The lowest BCUT2D eigenvalue weighted by Crippen LogP contribution is -2.38. The molecule has 4 nitrogen and oxygen atoms in total. The van der Waals surface area contributed by atoms with E-state index in [0.29, 0.717) is 12.1 Å². The summed E-state index contributed by atoms with van der Waals surface area (Å²) < 4.78 is 5.44. The van der Waals surface area contributed by atoms with E-state index in [-0.39, 0.29) is 0 Å². The lowest BCUT2D eigenvalue weighted by Gasteiger charge is -2.26. The van der Waals surface area contributed by atoms with E-state index in [4.69, 9.17) is 4.74 Å². The van der Waals surface area contributed by atoms with E-state index < -0.39 is 0 Å². The van der Waals surface area contributed by atoms with Gasteiger partial charge in [0, 0.05) is 29.9 Å². The lowest BCUT2D eigenvalue weighted by atomic mass is 10.1. The number of nitrogens with zero attached hydrogens (tertiary/aromatic N) is 1. The number of hydrogen-bond acceptors (Lipinski definition) is 3. The molecule has 1 aliphatic rings. The molecular formula is C11H19N3O. The second kappa shape index (κ2) is 4.77. The van der Waals surface area contributed by atoms with Crippen LogP contribution in [-0.2, 0) is 4.74 Å². The topological polar surface area (TPSA) is 49.9 Å². The Bertz CT molecular complexity index is 305. The molecule has 0 aliphatic carbocycles. The molecule has 0 spiro atoms. The summed E-state index contributed by atoms with van der Waals surface area (Å²) in [7, 11) is 0. The van der Waals surface area contributed by atoms with Crippen LogP contribution in [0.2, 0.25) is 0 Å². The van der Waals surface area contributed by atoms with Crippen LogP contribution < -0.4 is 5.32 Å². The van der Waals surface area contributed by atoms with Crippen molar-refractivity contribution in [1.82, 2.24) is 15.5 Å². The van der Waals surface area contributed by atoms with Crippen LogP contribution in [0.5, 0.6) is 0 Å². The largest absolute Gasteiger partial charge is 0.380 e. The van der Waals surface area contributed by atoms with Gasteiger partial charge in [0.05, 0.1) is 12.8 Å². The number of hydrogen-bond donors (Lipinski definition) is 2. The van der Waals surface area contributed by atoms with Gasteiger partial charge >= 0.3 is 0 Å². The standard InChI is InChI=1S/C11H19N3O/c1-8(11-6-12-14-9(11)2)13-10-4-3-5-15-7-10/h6,8,10,13H,3-5,7H2,1-2H3,(H,12,14). The maximum absolute atomic E-state index is 5.44. The van der Waals surface area contributed by atoms with Crippen molar-refractivity contribution in [3.63, 3.8) is 0 Å². The minimum absolute atomic E-state index is 0.343. The Kier molecular flexibility index (Phi) is 3.38. The highest BCUT2D eigenvalue weighted by Gasteiger charge is 2.18. The minimum Gasteiger partial charge on any atom is -0.380 e. The number of aromatic nitrogens is 2. The van der Waals surface area contributed by atoms with Gasteiger partial charge in [0.2, 0.25) is 0 Å². The molecule has 0 amide bonds. The van der Waals surface area contributed by atoms with E-state index in [1.54, 1.807) is 0 Å². The van der Waals surface area contributed by atoms with Gasteiger partial charge in [-0.05, 0) is 26.7 Å². The van der Waals surface area contributed by atoms with Crippen LogP contribution in [-0.4, -0.2) is 29.5 Å². The SMILES string of the molecule is Cc1[nH]ncc1C(C)NC1CCCOC1. The Morgan fingerprint density at radius 1 is 1.67 bits per heavy atom. The molecule has 1 aromatic heterocycles. The number of nitrogens with one attached hydrogen (secondary N) is 2. The van der Waals surface area contributed by atoms with Crippen molar-refractivity contribution in [3.8, 4) is 0 Å². The van der Waals surface area contributed by atoms with Crippen LogP contribution >= 0.6 is 0 Å². The molecule has 84 valence electrons. The minimum atomic E-state index is 0.343. The first-order valence-corrected chi connectivity index (χ1v) is 5.61. The molecule has 1 aromatic rings. The fourth-order valence-corrected chi connectivity index (χ4v) is 2.11. The Morgan fingerprint density at radius 2 is 2.53 bits per heavy atom. The van der Waals surface area contributed by atoms with Crippen molar-refractivity contribution in [2.24, 2.45) is 0 Å². The zero-order chi connectivity index (χ0) is 10.7. The molecule has 2 rings (SSSR count). The molecule has 1 aliphatic heterocycles. The number of rotatable bonds is 3. The summed E-state index contributed by atoms with van der Waals surface area (Å²) in [5.74, 6) is 0. The molecule has 0 bridgehead atoms. The second-order valence-corrected chi connectivity index (χ2v) is 4.25. The van der Waals surface area contributed by atoms with Crippen molar-refractivity contribution < 1.29 is 4.74 Å². The smallest absolute Gasteiger partial charge is 0.0619 e. The maximum atomic E-state index is 5.44. The molecule has 2 atom stereocenters. The molecule has 0 radical (unpaired) electrons. The predicted molar refractivity (Wildman–Crippen MR) is 58.7 cm³/mol.